The molecule has 0 fully saturated rings. The van der Waals surface area contributed by atoms with Gasteiger partial charge in [0, 0.05) is 16.4 Å². The number of hydrogen-bond acceptors (Lipinski definition) is 3. The summed E-state index contributed by atoms with van der Waals surface area (Å²) in [4.78, 5) is 22.3. The van der Waals surface area contributed by atoms with Gasteiger partial charge in [0.05, 0.1) is 0 Å². The first-order valence-corrected chi connectivity index (χ1v) is 8.31. The molecule has 1 atom stereocenters. The number of nitrogens with two attached hydrogens (primary N) is 1. The molecule has 1 rings (SSSR count). The number of aryl methyl sites for hydroxylation is 1. The molecule has 1 aromatic rings. The van der Waals surface area contributed by atoms with E-state index < -0.39 is 12.0 Å². The minimum atomic E-state index is -0.955. The van der Waals surface area contributed by atoms with Gasteiger partial charge in [-0.05, 0) is 59.5 Å². The first kappa shape index (κ1) is 18.1. The second-order valence-corrected chi connectivity index (χ2v) is 6.45. The third-order valence-corrected chi connectivity index (χ3v) is 4.11. The lowest BCUT2D eigenvalue weighted by molar-refractivity contribution is -0.138. The average molecular weight is 403 g/mol. The summed E-state index contributed by atoms with van der Waals surface area (Å²) in [7, 11) is 0. The maximum absolute atomic E-state index is 11.8. The van der Waals surface area contributed by atoms with E-state index in [0.717, 1.165) is 25.7 Å². The Morgan fingerprint density at radius 3 is 2.38 bits per heavy atom. The van der Waals surface area contributed by atoms with Crippen molar-refractivity contribution in [1.82, 2.24) is 0 Å². The molecule has 0 aromatic heterocycles. The van der Waals surface area contributed by atoms with Crippen LogP contribution in [0.25, 0.3) is 0 Å². The van der Waals surface area contributed by atoms with Gasteiger partial charge >= 0.3 is 5.97 Å². The highest BCUT2D eigenvalue weighted by molar-refractivity contribution is 14.1. The molecule has 116 valence electrons. The number of Topliss-reactive ketones (excluding diaryl/α,β-unsaturated/α-hetero) is 1. The fourth-order valence-corrected chi connectivity index (χ4v) is 2.41. The molecule has 0 saturated carbocycles. The second kappa shape index (κ2) is 9.89. The Kier molecular flexibility index (Phi) is 8.52. The Labute approximate surface area is 139 Å². The molecule has 0 aliphatic rings. The minimum absolute atomic E-state index is 0.274. The summed E-state index contributed by atoms with van der Waals surface area (Å²) in [5, 5.41) is 8.64. The van der Waals surface area contributed by atoms with Crippen LogP contribution in [-0.2, 0) is 16.0 Å². The maximum Gasteiger partial charge on any atom is 0.320 e. The van der Waals surface area contributed by atoms with Crippen molar-refractivity contribution < 1.29 is 14.7 Å². The number of ketones is 1. The van der Waals surface area contributed by atoms with Gasteiger partial charge in [-0.1, -0.05) is 25.0 Å². The van der Waals surface area contributed by atoms with Gasteiger partial charge in [0.15, 0.2) is 0 Å². The highest BCUT2D eigenvalue weighted by atomic mass is 127. The summed E-state index contributed by atoms with van der Waals surface area (Å²) in [6.07, 6.45) is 4.86. The fourth-order valence-electron chi connectivity index (χ4n) is 2.05. The Morgan fingerprint density at radius 1 is 1.10 bits per heavy atom. The van der Waals surface area contributed by atoms with Crippen molar-refractivity contribution in [3.05, 3.63) is 33.4 Å². The van der Waals surface area contributed by atoms with E-state index in [1.165, 1.54) is 9.13 Å². The lowest BCUT2D eigenvalue weighted by Gasteiger charge is -2.05. The van der Waals surface area contributed by atoms with E-state index in [4.69, 9.17) is 10.8 Å². The number of unbranched alkanes of at least 4 members (excludes halogenated alkanes) is 2. The summed E-state index contributed by atoms with van der Waals surface area (Å²) in [5.41, 5.74) is 6.61. The van der Waals surface area contributed by atoms with E-state index in [1.54, 1.807) is 0 Å². The van der Waals surface area contributed by atoms with E-state index in [-0.39, 0.29) is 5.78 Å². The molecule has 0 radical (unpaired) electrons. The van der Waals surface area contributed by atoms with Crippen LogP contribution >= 0.6 is 22.6 Å². The molecule has 0 bridgehead atoms. The van der Waals surface area contributed by atoms with Crippen molar-refractivity contribution >= 4 is 34.3 Å². The van der Waals surface area contributed by atoms with Crippen LogP contribution in [0.5, 0.6) is 0 Å². The van der Waals surface area contributed by atoms with Crippen LogP contribution in [-0.4, -0.2) is 22.9 Å². The van der Waals surface area contributed by atoms with Crippen molar-refractivity contribution in [3.63, 3.8) is 0 Å². The predicted octanol–water partition coefficient (Wildman–Crippen LogP) is 3.16. The molecule has 1 aromatic carbocycles. The van der Waals surface area contributed by atoms with Crippen LogP contribution < -0.4 is 5.73 Å². The van der Waals surface area contributed by atoms with E-state index in [0.29, 0.717) is 19.3 Å². The lowest BCUT2D eigenvalue weighted by atomic mass is 10.0. The van der Waals surface area contributed by atoms with Gasteiger partial charge in [-0.3, -0.25) is 9.59 Å². The van der Waals surface area contributed by atoms with Crippen molar-refractivity contribution in [3.8, 4) is 0 Å². The predicted molar refractivity (Wildman–Crippen MR) is 91.2 cm³/mol. The van der Waals surface area contributed by atoms with E-state index in [2.05, 4.69) is 34.7 Å². The van der Waals surface area contributed by atoms with Gasteiger partial charge in [0.1, 0.15) is 11.8 Å². The van der Waals surface area contributed by atoms with Crippen LogP contribution in [0.4, 0.5) is 0 Å². The van der Waals surface area contributed by atoms with E-state index in [9.17, 15) is 9.59 Å². The van der Waals surface area contributed by atoms with Crippen molar-refractivity contribution in [2.45, 2.75) is 51.0 Å². The highest BCUT2D eigenvalue weighted by Crippen LogP contribution is 2.11. The van der Waals surface area contributed by atoms with Crippen LogP contribution in [0, 0.1) is 3.57 Å². The van der Waals surface area contributed by atoms with E-state index >= 15 is 0 Å². The number of halogens is 1. The maximum atomic E-state index is 11.8. The van der Waals surface area contributed by atoms with Crippen LogP contribution in [0.15, 0.2) is 24.3 Å². The standard InChI is InChI=1S/C16H22INO3/c17-13-9-6-12(7-10-13)8-11-14(19)4-2-1-3-5-15(18)16(20)21/h6-7,9-10,15H,1-5,8,11,18H2,(H,20,21)/t15-/m0/s1. The third-order valence-electron chi connectivity index (χ3n) is 3.39. The van der Waals surface area contributed by atoms with Gasteiger partial charge in [-0.15, -0.1) is 0 Å². The Bertz CT molecular complexity index is 459. The molecule has 3 N–H and O–H groups in total. The van der Waals surface area contributed by atoms with Gasteiger partial charge in [0.25, 0.3) is 0 Å². The lowest BCUT2D eigenvalue weighted by Crippen LogP contribution is -2.29. The molecule has 0 amide bonds. The molecular formula is C16H22INO3. The molecule has 0 spiro atoms. The van der Waals surface area contributed by atoms with Crippen molar-refractivity contribution in [1.29, 1.82) is 0 Å². The number of hydrogen-bond donors (Lipinski definition) is 2. The molecule has 0 unspecified atom stereocenters. The molecule has 0 heterocycles. The van der Waals surface area contributed by atoms with Gasteiger partial charge in [-0.2, -0.15) is 0 Å². The largest absolute Gasteiger partial charge is 0.480 e. The van der Waals surface area contributed by atoms with Crippen LogP contribution in [0.1, 0.15) is 44.1 Å². The third kappa shape index (κ3) is 8.16. The Morgan fingerprint density at radius 2 is 1.76 bits per heavy atom. The first-order chi connectivity index (χ1) is 9.99. The minimum Gasteiger partial charge on any atom is -0.480 e. The van der Waals surface area contributed by atoms with Gasteiger partial charge in [0.2, 0.25) is 0 Å². The Hall–Kier alpha value is -0.950. The van der Waals surface area contributed by atoms with E-state index in [1.807, 2.05) is 12.1 Å². The summed E-state index contributed by atoms with van der Waals surface area (Å²) in [6, 6.07) is 7.43. The smallest absolute Gasteiger partial charge is 0.320 e. The zero-order chi connectivity index (χ0) is 15.7. The zero-order valence-electron chi connectivity index (χ0n) is 12.1. The first-order valence-electron chi connectivity index (χ1n) is 7.23. The molecule has 21 heavy (non-hydrogen) atoms. The SMILES string of the molecule is N[C@@H](CCCCCC(=O)CCc1ccc(I)cc1)C(=O)O. The van der Waals surface area contributed by atoms with Crippen LogP contribution in [0.2, 0.25) is 0 Å². The second-order valence-electron chi connectivity index (χ2n) is 5.21. The normalized spacial score (nSPS) is 12.1. The van der Waals surface area contributed by atoms with Crippen molar-refractivity contribution in [2.24, 2.45) is 5.73 Å². The monoisotopic (exact) mass is 403 g/mol. The number of rotatable bonds is 10. The quantitative estimate of drug-likeness (QED) is 0.465. The fraction of sp³-hybridized carbons (Fsp3) is 0.500. The number of carbonyl (C=O) groups excluding carboxylic acids is 1. The zero-order valence-corrected chi connectivity index (χ0v) is 14.2. The summed E-state index contributed by atoms with van der Waals surface area (Å²) in [6.45, 7) is 0. The molecule has 5 heteroatoms. The summed E-state index contributed by atoms with van der Waals surface area (Å²) >= 11 is 2.26. The number of carboxylic acid groups (broad SMARTS) is 1. The van der Waals surface area contributed by atoms with Crippen LogP contribution in [0.3, 0.4) is 0 Å². The van der Waals surface area contributed by atoms with Crippen molar-refractivity contribution in [2.75, 3.05) is 0 Å². The number of carbonyl (C=O) groups is 2. The number of carboxylic acids is 1. The summed E-state index contributed by atoms with van der Waals surface area (Å²) in [5.74, 6) is -0.681. The Balaban J connectivity index is 2.09. The highest BCUT2D eigenvalue weighted by Gasteiger charge is 2.10. The number of aliphatic carboxylic acids is 1. The molecule has 0 saturated heterocycles. The summed E-state index contributed by atoms with van der Waals surface area (Å²) < 4.78 is 1.20. The molecule has 0 aliphatic heterocycles. The molecule has 4 nitrogen and oxygen atoms in total. The average Bonchev–Trinajstić information content (AvgIpc) is 2.46. The van der Waals surface area contributed by atoms with Gasteiger partial charge < -0.3 is 10.8 Å². The van der Waals surface area contributed by atoms with Gasteiger partial charge in [-0.25, -0.2) is 0 Å². The molecular weight excluding hydrogens is 381 g/mol. The number of benzene rings is 1. The molecule has 0 aliphatic carbocycles. The topological polar surface area (TPSA) is 80.4 Å².